The molecule has 1 aliphatic carbocycles. The Morgan fingerprint density at radius 2 is 2.00 bits per heavy atom. The minimum atomic E-state index is 0.347. The third-order valence-electron chi connectivity index (χ3n) is 4.71. The molecule has 3 rings (SSSR count). The van der Waals surface area contributed by atoms with E-state index >= 15 is 0 Å². The zero-order valence-corrected chi connectivity index (χ0v) is 12.1. The van der Waals surface area contributed by atoms with E-state index in [2.05, 4.69) is 37.4 Å². The van der Waals surface area contributed by atoms with Crippen LogP contribution in [0.2, 0.25) is 0 Å². The Kier molecular flexibility index (Phi) is 3.90. The van der Waals surface area contributed by atoms with Gasteiger partial charge in [0.15, 0.2) is 0 Å². The topological polar surface area (TPSA) is 21.3 Å². The molecule has 1 heterocycles. The van der Waals surface area contributed by atoms with Crippen LogP contribution < -0.4 is 5.32 Å². The second-order valence-electron chi connectivity index (χ2n) is 6.09. The van der Waals surface area contributed by atoms with Crippen LogP contribution in [0.3, 0.4) is 0 Å². The van der Waals surface area contributed by atoms with Gasteiger partial charge >= 0.3 is 0 Å². The summed E-state index contributed by atoms with van der Waals surface area (Å²) in [7, 11) is 0. The van der Waals surface area contributed by atoms with Crippen molar-refractivity contribution in [1.29, 1.82) is 0 Å². The van der Waals surface area contributed by atoms with Crippen LogP contribution in [0, 0.1) is 0 Å². The summed E-state index contributed by atoms with van der Waals surface area (Å²) in [4.78, 5) is 0. The highest BCUT2D eigenvalue weighted by atomic mass is 16.5. The predicted octanol–water partition coefficient (Wildman–Crippen LogP) is 3.39. The normalized spacial score (nSPS) is 28.1. The summed E-state index contributed by atoms with van der Waals surface area (Å²) in [6.07, 6.45) is 6.73. The fourth-order valence-corrected chi connectivity index (χ4v) is 3.39. The van der Waals surface area contributed by atoms with Crippen molar-refractivity contribution in [3.63, 3.8) is 0 Å². The van der Waals surface area contributed by atoms with Crippen molar-refractivity contribution < 1.29 is 4.74 Å². The minimum Gasteiger partial charge on any atom is -0.377 e. The third-order valence-corrected chi connectivity index (χ3v) is 4.71. The standard InChI is InChI=1S/C17H25NO/c1-12(18-17-9-10-19-13(17)2)15-8-7-14-5-3-4-6-16(14)11-15/h7-8,11-13,17-18H,3-6,9-10H2,1-2H3. The van der Waals surface area contributed by atoms with E-state index in [1.54, 1.807) is 11.1 Å². The van der Waals surface area contributed by atoms with Gasteiger partial charge in [-0.05, 0) is 62.6 Å². The molecule has 1 N–H and O–H groups in total. The maximum absolute atomic E-state index is 5.63. The summed E-state index contributed by atoms with van der Waals surface area (Å²) < 4.78 is 5.63. The molecule has 0 bridgehead atoms. The van der Waals surface area contributed by atoms with Gasteiger partial charge in [0.1, 0.15) is 0 Å². The first-order chi connectivity index (χ1) is 9.24. The lowest BCUT2D eigenvalue weighted by molar-refractivity contribution is 0.111. The average molecular weight is 259 g/mol. The number of hydrogen-bond acceptors (Lipinski definition) is 2. The van der Waals surface area contributed by atoms with Gasteiger partial charge in [-0.15, -0.1) is 0 Å². The Balaban J connectivity index is 1.70. The Morgan fingerprint density at radius 3 is 2.74 bits per heavy atom. The lowest BCUT2D eigenvalue weighted by Crippen LogP contribution is -2.36. The molecule has 0 aromatic heterocycles. The van der Waals surface area contributed by atoms with E-state index in [1.165, 1.54) is 31.2 Å². The van der Waals surface area contributed by atoms with E-state index in [-0.39, 0.29) is 0 Å². The highest BCUT2D eigenvalue weighted by Gasteiger charge is 2.25. The number of rotatable bonds is 3. The van der Waals surface area contributed by atoms with Gasteiger partial charge in [-0.3, -0.25) is 0 Å². The fraction of sp³-hybridized carbons (Fsp3) is 0.647. The number of ether oxygens (including phenoxy) is 1. The van der Waals surface area contributed by atoms with Crippen LogP contribution in [0.25, 0.3) is 0 Å². The summed E-state index contributed by atoms with van der Waals surface area (Å²) in [5.74, 6) is 0. The molecule has 0 amide bonds. The van der Waals surface area contributed by atoms with Gasteiger partial charge in [0.25, 0.3) is 0 Å². The van der Waals surface area contributed by atoms with Crippen LogP contribution >= 0.6 is 0 Å². The Morgan fingerprint density at radius 1 is 1.21 bits per heavy atom. The monoisotopic (exact) mass is 259 g/mol. The molecule has 1 aliphatic heterocycles. The Labute approximate surface area is 116 Å². The smallest absolute Gasteiger partial charge is 0.0700 e. The zero-order chi connectivity index (χ0) is 13.2. The average Bonchev–Trinajstić information content (AvgIpc) is 2.84. The summed E-state index contributed by atoms with van der Waals surface area (Å²) in [5.41, 5.74) is 4.58. The second kappa shape index (κ2) is 5.64. The van der Waals surface area contributed by atoms with E-state index < -0.39 is 0 Å². The highest BCUT2D eigenvalue weighted by molar-refractivity contribution is 5.35. The van der Waals surface area contributed by atoms with Gasteiger partial charge in [0.2, 0.25) is 0 Å². The molecule has 0 spiro atoms. The molecule has 1 saturated heterocycles. The van der Waals surface area contributed by atoms with Crippen molar-refractivity contribution in [3.05, 3.63) is 34.9 Å². The van der Waals surface area contributed by atoms with Crippen LogP contribution in [0.15, 0.2) is 18.2 Å². The maximum atomic E-state index is 5.63. The van der Waals surface area contributed by atoms with Crippen molar-refractivity contribution in [2.75, 3.05) is 6.61 Å². The van der Waals surface area contributed by atoms with E-state index in [9.17, 15) is 0 Å². The number of nitrogens with one attached hydrogen (secondary N) is 1. The third kappa shape index (κ3) is 2.85. The molecular formula is C17H25NO. The Hall–Kier alpha value is -0.860. The molecule has 3 unspecified atom stereocenters. The molecule has 0 radical (unpaired) electrons. The van der Waals surface area contributed by atoms with E-state index in [0.29, 0.717) is 18.2 Å². The molecule has 1 aromatic rings. The lowest BCUT2D eigenvalue weighted by Gasteiger charge is -2.24. The summed E-state index contributed by atoms with van der Waals surface area (Å²) >= 11 is 0. The van der Waals surface area contributed by atoms with Crippen molar-refractivity contribution in [2.45, 2.75) is 64.1 Å². The lowest BCUT2D eigenvalue weighted by atomic mass is 9.89. The van der Waals surface area contributed by atoms with Crippen LogP contribution in [0.4, 0.5) is 0 Å². The van der Waals surface area contributed by atoms with Crippen LogP contribution in [0.5, 0.6) is 0 Å². The van der Waals surface area contributed by atoms with Crippen molar-refractivity contribution in [1.82, 2.24) is 5.32 Å². The SMILES string of the molecule is CC(NC1CCOC1C)c1ccc2c(c1)CCCC2. The maximum Gasteiger partial charge on any atom is 0.0700 e. The van der Waals surface area contributed by atoms with Gasteiger partial charge in [0, 0.05) is 18.7 Å². The Bertz CT molecular complexity index is 443. The first kappa shape index (κ1) is 13.1. The highest BCUT2D eigenvalue weighted by Crippen LogP contribution is 2.26. The molecule has 19 heavy (non-hydrogen) atoms. The molecule has 104 valence electrons. The molecule has 1 fully saturated rings. The zero-order valence-electron chi connectivity index (χ0n) is 12.1. The van der Waals surface area contributed by atoms with Crippen molar-refractivity contribution in [3.8, 4) is 0 Å². The van der Waals surface area contributed by atoms with Gasteiger partial charge in [-0.2, -0.15) is 0 Å². The van der Waals surface area contributed by atoms with Crippen molar-refractivity contribution >= 4 is 0 Å². The van der Waals surface area contributed by atoms with Crippen LogP contribution in [-0.4, -0.2) is 18.8 Å². The molecular weight excluding hydrogens is 234 g/mol. The van der Waals surface area contributed by atoms with Crippen molar-refractivity contribution in [2.24, 2.45) is 0 Å². The molecule has 2 heteroatoms. The van der Waals surface area contributed by atoms with Gasteiger partial charge < -0.3 is 10.1 Å². The minimum absolute atomic E-state index is 0.347. The quantitative estimate of drug-likeness (QED) is 0.898. The first-order valence-corrected chi connectivity index (χ1v) is 7.73. The number of hydrogen-bond donors (Lipinski definition) is 1. The van der Waals surface area contributed by atoms with E-state index in [4.69, 9.17) is 4.74 Å². The number of fused-ring (bicyclic) bond motifs is 1. The summed E-state index contributed by atoms with van der Waals surface area (Å²) in [5, 5.41) is 3.73. The largest absolute Gasteiger partial charge is 0.377 e. The predicted molar refractivity (Wildman–Crippen MR) is 78.5 cm³/mol. The molecule has 2 aliphatic rings. The van der Waals surface area contributed by atoms with E-state index in [1.807, 2.05) is 0 Å². The molecule has 1 aromatic carbocycles. The first-order valence-electron chi connectivity index (χ1n) is 7.73. The van der Waals surface area contributed by atoms with Gasteiger partial charge in [-0.25, -0.2) is 0 Å². The van der Waals surface area contributed by atoms with Crippen LogP contribution in [0.1, 0.15) is 55.8 Å². The van der Waals surface area contributed by atoms with E-state index in [0.717, 1.165) is 13.0 Å². The fourth-order valence-electron chi connectivity index (χ4n) is 3.39. The summed E-state index contributed by atoms with van der Waals surface area (Å²) in [6.45, 7) is 5.34. The number of benzene rings is 1. The number of aryl methyl sites for hydroxylation is 2. The van der Waals surface area contributed by atoms with Gasteiger partial charge in [0.05, 0.1) is 6.10 Å². The van der Waals surface area contributed by atoms with Gasteiger partial charge in [-0.1, -0.05) is 18.2 Å². The molecule has 2 nitrogen and oxygen atoms in total. The molecule has 3 atom stereocenters. The molecule has 0 saturated carbocycles. The second-order valence-corrected chi connectivity index (χ2v) is 6.09. The summed E-state index contributed by atoms with van der Waals surface area (Å²) in [6, 6.07) is 8.00. The van der Waals surface area contributed by atoms with Crippen LogP contribution in [-0.2, 0) is 17.6 Å².